The van der Waals surface area contributed by atoms with Crippen molar-refractivity contribution in [2.24, 2.45) is 0 Å². The molecule has 0 aliphatic heterocycles. The minimum atomic E-state index is 0.159. The maximum Gasteiger partial charge on any atom is 0.232 e. The molecule has 0 atom stereocenters. The fraction of sp³-hybridized carbons (Fsp3) is 0. The van der Waals surface area contributed by atoms with E-state index in [2.05, 4.69) is 137 Å². The summed E-state index contributed by atoms with van der Waals surface area (Å²) < 4.78 is 6.02. The van der Waals surface area contributed by atoms with E-state index in [9.17, 15) is 0 Å². The molecule has 0 aliphatic carbocycles. The van der Waals surface area contributed by atoms with E-state index in [1.807, 2.05) is 24.3 Å². The second kappa shape index (κ2) is 11.0. The maximum absolute atomic E-state index is 6.38. The number of furan rings is 1. The third kappa shape index (κ3) is 4.84. The maximum atomic E-state index is 6.38. The Morgan fingerprint density at radius 1 is 0.409 bits per heavy atom. The van der Waals surface area contributed by atoms with Gasteiger partial charge in [0.15, 0.2) is 0 Å². The van der Waals surface area contributed by atoms with Gasteiger partial charge in [0.25, 0.3) is 0 Å². The molecule has 208 valence electrons. The molecule has 2 aromatic heterocycles. The third-order valence-electron chi connectivity index (χ3n) is 8.02. The van der Waals surface area contributed by atoms with Gasteiger partial charge in [-0.15, -0.1) is 0 Å². The monoisotopic (exact) mass is 584 g/mol. The van der Waals surface area contributed by atoms with Gasteiger partial charge in [-0.3, -0.25) is 0 Å². The number of rotatable bonds is 5. The van der Waals surface area contributed by atoms with Gasteiger partial charge < -0.3 is 4.42 Å². The van der Waals surface area contributed by atoms with Crippen LogP contribution in [0.15, 0.2) is 156 Å². The predicted octanol–water partition coefficient (Wildman–Crippen LogP) is 11.4. The SMILES string of the molecule is Clc1nc(-c2cccc(-c3cccc(-c4cc(-c5ccccc5)cc(-c5ccccc5)c4)c3)c2)c2c(n1)oc1ccccc12. The lowest BCUT2D eigenvalue weighted by Gasteiger charge is -2.13. The Kier molecular flexibility index (Phi) is 6.51. The van der Waals surface area contributed by atoms with Crippen molar-refractivity contribution in [3.8, 4) is 55.8 Å². The van der Waals surface area contributed by atoms with Crippen molar-refractivity contribution in [1.29, 1.82) is 0 Å². The van der Waals surface area contributed by atoms with Crippen LogP contribution in [0.1, 0.15) is 0 Å². The second-order valence-electron chi connectivity index (χ2n) is 10.8. The molecule has 0 fully saturated rings. The highest BCUT2D eigenvalue weighted by molar-refractivity contribution is 6.29. The highest BCUT2D eigenvalue weighted by Gasteiger charge is 2.17. The highest BCUT2D eigenvalue weighted by atomic mass is 35.5. The smallest absolute Gasteiger partial charge is 0.232 e. The Morgan fingerprint density at radius 3 is 1.50 bits per heavy atom. The summed E-state index contributed by atoms with van der Waals surface area (Å²) in [5.74, 6) is 0. The molecule has 0 radical (unpaired) electrons. The van der Waals surface area contributed by atoms with Crippen molar-refractivity contribution >= 4 is 33.7 Å². The van der Waals surface area contributed by atoms with E-state index < -0.39 is 0 Å². The van der Waals surface area contributed by atoms with Crippen molar-refractivity contribution in [2.45, 2.75) is 0 Å². The molecule has 0 N–H and O–H groups in total. The molecule has 0 amide bonds. The van der Waals surface area contributed by atoms with Crippen molar-refractivity contribution in [3.05, 3.63) is 157 Å². The molecule has 6 aromatic carbocycles. The van der Waals surface area contributed by atoms with E-state index >= 15 is 0 Å². The fourth-order valence-electron chi connectivity index (χ4n) is 5.92. The molecule has 3 nitrogen and oxygen atoms in total. The van der Waals surface area contributed by atoms with Crippen LogP contribution in [-0.2, 0) is 0 Å². The van der Waals surface area contributed by atoms with Crippen LogP contribution in [0.25, 0.3) is 77.8 Å². The van der Waals surface area contributed by atoms with Crippen LogP contribution in [0.4, 0.5) is 0 Å². The highest BCUT2D eigenvalue weighted by Crippen LogP contribution is 2.38. The molecule has 0 unspecified atom stereocenters. The zero-order valence-electron chi connectivity index (χ0n) is 23.6. The van der Waals surface area contributed by atoms with E-state index in [1.165, 1.54) is 22.3 Å². The Labute approximate surface area is 260 Å². The van der Waals surface area contributed by atoms with Gasteiger partial charge in [0.2, 0.25) is 11.0 Å². The van der Waals surface area contributed by atoms with Crippen LogP contribution in [0.5, 0.6) is 0 Å². The molecule has 8 rings (SSSR count). The van der Waals surface area contributed by atoms with Gasteiger partial charge in [-0.25, -0.2) is 4.98 Å². The lowest BCUT2D eigenvalue weighted by Crippen LogP contribution is -1.90. The van der Waals surface area contributed by atoms with Gasteiger partial charge >= 0.3 is 0 Å². The van der Waals surface area contributed by atoms with Crippen molar-refractivity contribution in [3.63, 3.8) is 0 Å². The fourth-order valence-corrected chi connectivity index (χ4v) is 6.08. The first-order valence-corrected chi connectivity index (χ1v) is 14.9. The average molecular weight is 585 g/mol. The Morgan fingerprint density at radius 2 is 0.864 bits per heavy atom. The molecule has 2 heterocycles. The number of nitrogens with zero attached hydrogens (tertiary/aromatic N) is 2. The molecular weight excluding hydrogens is 560 g/mol. The van der Waals surface area contributed by atoms with Gasteiger partial charge in [0.1, 0.15) is 5.58 Å². The van der Waals surface area contributed by atoms with Crippen LogP contribution >= 0.6 is 11.6 Å². The predicted molar refractivity (Wildman–Crippen MR) is 181 cm³/mol. The molecule has 0 saturated carbocycles. The van der Waals surface area contributed by atoms with E-state index in [0.717, 1.165) is 49.9 Å². The minimum absolute atomic E-state index is 0.159. The van der Waals surface area contributed by atoms with Crippen LogP contribution in [0.2, 0.25) is 5.28 Å². The largest absolute Gasteiger partial charge is 0.438 e. The number of para-hydroxylation sites is 1. The first kappa shape index (κ1) is 26.1. The number of hydrogen-bond donors (Lipinski definition) is 0. The van der Waals surface area contributed by atoms with Crippen LogP contribution in [-0.4, -0.2) is 9.97 Å². The number of benzene rings is 6. The van der Waals surface area contributed by atoms with Gasteiger partial charge in [-0.05, 0) is 92.5 Å². The quantitative estimate of drug-likeness (QED) is 0.189. The van der Waals surface area contributed by atoms with Crippen LogP contribution < -0.4 is 0 Å². The molecule has 0 aliphatic rings. The molecule has 0 saturated heterocycles. The van der Waals surface area contributed by atoms with Crippen molar-refractivity contribution < 1.29 is 4.42 Å². The van der Waals surface area contributed by atoms with Crippen LogP contribution in [0.3, 0.4) is 0 Å². The van der Waals surface area contributed by atoms with Gasteiger partial charge in [0.05, 0.1) is 11.1 Å². The summed E-state index contributed by atoms with van der Waals surface area (Å²) in [7, 11) is 0. The number of halogens is 1. The van der Waals surface area contributed by atoms with E-state index in [1.54, 1.807) is 0 Å². The summed E-state index contributed by atoms with van der Waals surface area (Å²) in [5, 5.41) is 1.99. The van der Waals surface area contributed by atoms with E-state index in [0.29, 0.717) is 5.71 Å². The molecular formula is C40H25ClN2O. The Balaban J connectivity index is 1.24. The third-order valence-corrected chi connectivity index (χ3v) is 8.19. The van der Waals surface area contributed by atoms with Crippen LogP contribution in [0, 0.1) is 0 Å². The first-order valence-electron chi connectivity index (χ1n) is 14.5. The first-order chi connectivity index (χ1) is 21.7. The van der Waals surface area contributed by atoms with Crippen molar-refractivity contribution in [2.75, 3.05) is 0 Å². The molecule has 0 spiro atoms. The Bertz CT molecular complexity index is 2230. The zero-order valence-corrected chi connectivity index (χ0v) is 24.4. The normalized spacial score (nSPS) is 11.3. The van der Waals surface area contributed by atoms with Gasteiger partial charge in [0, 0.05) is 10.9 Å². The second-order valence-corrected chi connectivity index (χ2v) is 11.2. The van der Waals surface area contributed by atoms with Crippen molar-refractivity contribution in [1.82, 2.24) is 9.97 Å². The molecule has 0 bridgehead atoms. The van der Waals surface area contributed by atoms with Gasteiger partial charge in [-0.2, -0.15) is 4.98 Å². The minimum Gasteiger partial charge on any atom is -0.438 e. The summed E-state index contributed by atoms with van der Waals surface area (Å²) in [4.78, 5) is 9.04. The Hall–Kier alpha value is -5.51. The molecule has 4 heteroatoms. The average Bonchev–Trinajstić information content (AvgIpc) is 3.47. The van der Waals surface area contributed by atoms with E-state index in [-0.39, 0.29) is 5.28 Å². The number of hydrogen-bond acceptors (Lipinski definition) is 3. The number of fused-ring (bicyclic) bond motifs is 3. The standard InChI is InChI=1S/C40H25ClN2O/c41-40-42-38(37-35-19-7-8-20-36(35)44-39(37)43-40)31-18-10-16-29(22-31)28-15-9-17-30(21-28)34-24-32(26-11-3-1-4-12-26)23-33(25-34)27-13-5-2-6-14-27/h1-25H. The van der Waals surface area contributed by atoms with E-state index in [4.69, 9.17) is 16.0 Å². The molecule has 8 aromatic rings. The topological polar surface area (TPSA) is 38.9 Å². The molecule has 44 heavy (non-hydrogen) atoms. The zero-order chi connectivity index (χ0) is 29.5. The summed E-state index contributed by atoms with van der Waals surface area (Å²) in [5.41, 5.74) is 12.2. The lowest BCUT2D eigenvalue weighted by atomic mass is 9.92. The lowest BCUT2D eigenvalue weighted by molar-refractivity contribution is 0.653. The summed E-state index contributed by atoms with van der Waals surface area (Å²) in [6.45, 7) is 0. The summed E-state index contributed by atoms with van der Waals surface area (Å²) >= 11 is 6.38. The summed E-state index contributed by atoms with van der Waals surface area (Å²) in [6, 6.07) is 53.0. The van der Waals surface area contributed by atoms with Gasteiger partial charge in [-0.1, -0.05) is 115 Å². The number of aromatic nitrogens is 2. The summed E-state index contributed by atoms with van der Waals surface area (Å²) in [6.07, 6.45) is 0.